The number of carboxylic acid groups (broad SMARTS) is 1. The molecule has 0 aliphatic heterocycles. The molecule has 3 N–H and O–H groups in total. The largest absolute Gasteiger partial charge is 0.480 e. The van der Waals surface area contributed by atoms with Gasteiger partial charge in [0.15, 0.2) is 0 Å². The van der Waals surface area contributed by atoms with E-state index >= 15 is 0 Å². The molecule has 0 aromatic heterocycles. The van der Waals surface area contributed by atoms with Crippen LogP contribution in [0, 0.1) is 5.92 Å². The molecule has 0 saturated carbocycles. The minimum absolute atomic E-state index is 0.0827. The number of carboxylic acids is 1. The van der Waals surface area contributed by atoms with Gasteiger partial charge in [-0.25, -0.2) is 0 Å². The zero-order chi connectivity index (χ0) is 16.5. The van der Waals surface area contributed by atoms with Gasteiger partial charge in [-0.15, -0.1) is 0 Å². The van der Waals surface area contributed by atoms with E-state index in [0.29, 0.717) is 25.7 Å². The van der Waals surface area contributed by atoms with Gasteiger partial charge in [-0.3, -0.25) is 4.79 Å². The lowest BCUT2D eigenvalue weighted by Crippen LogP contribution is -2.46. The first-order chi connectivity index (χ1) is 9.49. The molecule has 0 aliphatic rings. The quantitative estimate of drug-likeness (QED) is 0.695. The van der Waals surface area contributed by atoms with Crippen molar-refractivity contribution in [1.82, 2.24) is 0 Å². The van der Waals surface area contributed by atoms with Gasteiger partial charge in [0, 0.05) is 0 Å². The van der Waals surface area contributed by atoms with Gasteiger partial charge in [-0.2, -0.15) is 0 Å². The van der Waals surface area contributed by atoms with E-state index in [2.05, 4.69) is 0 Å². The average molecular weight is 373 g/mol. The Morgan fingerprint density at radius 3 is 2.05 bits per heavy atom. The van der Waals surface area contributed by atoms with Crippen LogP contribution in [0.4, 0.5) is 0 Å². The van der Waals surface area contributed by atoms with Crippen LogP contribution in [0.15, 0.2) is 6.07 Å². The number of hydrogen-bond donors (Lipinski definition) is 2. The van der Waals surface area contributed by atoms with Crippen molar-refractivity contribution >= 4 is 52.4 Å². The Morgan fingerprint density at radius 2 is 1.67 bits per heavy atom. The molecule has 0 radical (unpaired) electrons. The zero-order valence-electron chi connectivity index (χ0n) is 11.9. The first-order valence-corrected chi connectivity index (χ1v) is 7.85. The SMILES string of the molecule is CC(CC(C)(N)C(=O)O)C(C)c1c(Cl)c(Cl)cc(Cl)c1Cl. The summed E-state index contributed by atoms with van der Waals surface area (Å²) in [7, 11) is 0. The fourth-order valence-corrected chi connectivity index (χ4v) is 3.38. The average Bonchev–Trinajstić information content (AvgIpc) is 2.35. The van der Waals surface area contributed by atoms with Crippen LogP contribution in [0.25, 0.3) is 0 Å². The van der Waals surface area contributed by atoms with Crippen molar-refractivity contribution in [3.63, 3.8) is 0 Å². The van der Waals surface area contributed by atoms with Crippen LogP contribution >= 0.6 is 46.4 Å². The molecule has 118 valence electrons. The van der Waals surface area contributed by atoms with Crippen molar-refractivity contribution in [2.45, 2.75) is 38.6 Å². The Balaban J connectivity index is 3.15. The summed E-state index contributed by atoms with van der Waals surface area (Å²) in [6, 6.07) is 1.49. The third-order valence-corrected chi connectivity index (χ3v) is 5.29. The molecule has 0 aliphatic carbocycles. The predicted molar refractivity (Wildman–Crippen MR) is 88.9 cm³/mol. The number of benzene rings is 1. The summed E-state index contributed by atoms with van der Waals surface area (Å²) in [6.07, 6.45) is 0.264. The molecule has 3 unspecified atom stereocenters. The molecule has 1 aromatic rings. The Hall–Kier alpha value is -0.190. The summed E-state index contributed by atoms with van der Waals surface area (Å²) in [5.41, 5.74) is 5.09. The highest BCUT2D eigenvalue weighted by molar-refractivity contribution is 6.48. The smallest absolute Gasteiger partial charge is 0.323 e. The number of nitrogens with two attached hydrogens (primary N) is 1. The summed E-state index contributed by atoms with van der Waals surface area (Å²) < 4.78 is 0. The zero-order valence-corrected chi connectivity index (χ0v) is 14.9. The predicted octanol–water partition coefficient (Wildman–Crippen LogP) is 5.23. The molecular weight excluding hydrogens is 356 g/mol. The maximum Gasteiger partial charge on any atom is 0.323 e. The van der Waals surface area contributed by atoms with Gasteiger partial charge < -0.3 is 10.8 Å². The van der Waals surface area contributed by atoms with E-state index in [0.717, 1.165) is 0 Å². The lowest BCUT2D eigenvalue weighted by atomic mass is 9.80. The standard InChI is InChI=1S/C14H17Cl4NO2/c1-6(5-14(3,19)13(20)21)7(2)10-11(17)8(15)4-9(16)12(10)18/h4,6-7H,5,19H2,1-3H3,(H,20,21). The summed E-state index contributed by atoms with van der Waals surface area (Å²) in [6.45, 7) is 5.26. The maximum atomic E-state index is 11.1. The van der Waals surface area contributed by atoms with Gasteiger partial charge >= 0.3 is 5.97 Å². The second-order valence-electron chi connectivity index (χ2n) is 5.57. The van der Waals surface area contributed by atoms with E-state index in [1.54, 1.807) is 0 Å². The highest BCUT2D eigenvalue weighted by Crippen LogP contribution is 2.44. The Kier molecular flexibility index (Phi) is 6.22. The Labute approximate surface area is 144 Å². The molecule has 3 atom stereocenters. The number of rotatable bonds is 5. The van der Waals surface area contributed by atoms with E-state index in [1.807, 2.05) is 13.8 Å². The fourth-order valence-electron chi connectivity index (χ4n) is 2.21. The molecule has 1 rings (SSSR count). The van der Waals surface area contributed by atoms with Gasteiger partial charge in [0.2, 0.25) is 0 Å². The van der Waals surface area contributed by atoms with Crippen molar-refractivity contribution < 1.29 is 9.90 Å². The molecule has 21 heavy (non-hydrogen) atoms. The molecule has 0 bridgehead atoms. The third-order valence-electron chi connectivity index (χ3n) is 3.69. The van der Waals surface area contributed by atoms with Crippen molar-refractivity contribution in [2.75, 3.05) is 0 Å². The summed E-state index contributed by atoms with van der Waals surface area (Å²) in [5.74, 6) is -1.29. The molecule has 3 nitrogen and oxygen atoms in total. The first kappa shape index (κ1) is 18.9. The number of halogens is 4. The van der Waals surface area contributed by atoms with Crippen LogP contribution in [0.5, 0.6) is 0 Å². The minimum Gasteiger partial charge on any atom is -0.480 e. The number of carbonyl (C=O) groups is 1. The van der Waals surface area contributed by atoms with Gasteiger partial charge in [0.05, 0.1) is 20.1 Å². The van der Waals surface area contributed by atoms with Crippen molar-refractivity contribution in [1.29, 1.82) is 0 Å². The maximum absolute atomic E-state index is 11.1. The topological polar surface area (TPSA) is 63.3 Å². The molecule has 0 saturated heterocycles. The monoisotopic (exact) mass is 371 g/mol. The van der Waals surface area contributed by atoms with Gasteiger partial charge in [0.25, 0.3) is 0 Å². The highest BCUT2D eigenvalue weighted by Gasteiger charge is 2.33. The Morgan fingerprint density at radius 1 is 1.24 bits per heavy atom. The van der Waals surface area contributed by atoms with Gasteiger partial charge in [-0.05, 0) is 36.8 Å². The van der Waals surface area contributed by atoms with E-state index < -0.39 is 11.5 Å². The van der Waals surface area contributed by atoms with Crippen LogP contribution in [-0.2, 0) is 4.79 Å². The Bertz CT molecular complexity index is 534. The van der Waals surface area contributed by atoms with Crippen molar-refractivity contribution in [2.24, 2.45) is 11.7 Å². The molecule has 0 fully saturated rings. The van der Waals surface area contributed by atoms with Crippen LogP contribution in [-0.4, -0.2) is 16.6 Å². The van der Waals surface area contributed by atoms with Gasteiger partial charge in [-0.1, -0.05) is 60.3 Å². The normalized spacial score (nSPS) is 17.1. The lowest BCUT2D eigenvalue weighted by Gasteiger charge is -2.29. The molecule has 0 spiro atoms. The van der Waals surface area contributed by atoms with Crippen molar-refractivity contribution in [3.8, 4) is 0 Å². The summed E-state index contributed by atoms with van der Waals surface area (Å²) >= 11 is 24.5. The number of hydrogen-bond acceptors (Lipinski definition) is 2. The summed E-state index contributed by atoms with van der Waals surface area (Å²) in [4.78, 5) is 11.1. The van der Waals surface area contributed by atoms with Crippen LogP contribution in [0.3, 0.4) is 0 Å². The summed E-state index contributed by atoms with van der Waals surface area (Å²) in [5, 5.41) is 10.4. The van der Waals surface area contributed by atoms with Crippen LogP contribution in [0.1, 0.15) is 38.7 Å². The molecule has 0 heterocycles. The van der Waals surface area contributed by atoms with Gasteiger partial charge in [0.1, 0.15) is 5.54 Å². The fraction of sp³-hybridized carbons (Fsp3) is 0.500. The van der Waals surface area contributed by atoms with Crippen LogP contribution in [0.2, 0.25) is 20.1 Å². The van der Waals surface area contributed by atoms with Crippen molar-refractivity contribution in [3.05, 3.63) is 31.7 Å². The number of aliphatic carboxylic acids is 1. The third kappa shape index (κ3) is 4.17. The highest BCUT2D eigenvalue weighted by atomic mass is 35.5. The molecule has 0 amide bonds. The molecular formula is C14H17Cl4NO2. The lowest BCUT2D eigenvalue weighted by molar-refractivity contribution is -0.143. The minimum atomic E-state index is -1.32. The second kappa shape index (κ2) is 6.93. The van der Waals surface area contributed by atoms with E-state index in [-0.39, 0.29) is 18.3 Å². The van der Waals surface area contributed by atoms with E-state index in [1.165, 1.54) is 13.0 Å². The molecule has 1 aromatic carbocycles. The van der Waals surface area contributed by atoms with Crippen LogP contribution < -0.4 is 5.73 Å². The van der Waals surface area contributed by atoms with E-state index in [9.17, 15) is 4.79 Å². The first-order valence-electron chi connectivity index (χ1n) is 6.34. The second-order valence-corrected chi connectivity index (χ2v) is 7.14. The molecule has 7 heteroatoms. The van der Waals surface area contributed by atoms with E-state index in [4.69, 9.17) is 57.2 Å².